The molecular formula is C23H44O2. The lowest BCUT2D eigenvalue weighted by Crippen LogP contribution is -2.10. The molecule has 0 fully saturated rings. The van der Waals surface area contributed by atoms with Crippen LogP contribution in [0.3, 0.4) is 0 Å². The fraction of sp³-hybridized carbons (Fsp3) is 0.870. The minimum absolute atomic E-state index is 0.0207. The molecule has 0 bridgehead atoms. The van der Waals surface area contributed by atoms with Crippen LogP contribution in [0.25, 0.3) is 0 Å². The van der Waals surface area contributed by atoms with E-state index in [1.165, 1.54) is 83.5 Å². The molecule has 148 valence electrons. The van der Waals surface area contributed by atoms with E-state index in [0.29, 0.717) is 6.42 Å². The van der Waals surface area contributed by atoms with E-state index < -0.39 is 0 Å². The van der Waals surface area contributed by atoms with Crippen molar-refractivity contribution in [1.29, 1.82) is 0 Å². The zero-order valence-electron chi connectivity index (χ0n) is 17.4. The number of hydrogen-bond acceptors (Lipinski definition) is 2. The van der Waals surface area contributed by atoms with Crippen molar-refractivity contribution in [2.24, 2.45) is 0 Å². The van der Waals surface area contributed by atoms with E-state index in [9.17, 15) is 4.79 Å². The van der Waals surface area contributed by atoms with Gasteiger partial charge in [0.05, 0.1) is 6.10 Å². The minimum Gasteiger partial charge on any atom is -0.463 e. The average molecular weight is 353 g/mol. The summed E-state index contributed by atoms with van der Waals surface area (Å²) in [7, 11) is 0. The van der Waals surface area contributed by atoms with Crippen LogP contribution in [0.2, 0.25) is 0 Å². The van der Waals surface area contributed by atoms with Crippen molar-refractivity contribution in [3.05, 3.63) is 12.2 Å². The van der Waals surface area contributed by atoms with Crippen molar-refractivity contribution in [3.8, 4) is 0 Å². The molecule has 0 rings (SSSR count). The normalized spacial score (nSPS) is 11.5. The van der Waals surface area contributed by atoms with Gasteiger partial charge in [0.1, 0.15) is 0 Å². The lowest BCUT2D eigenvalue weighted by Gasteiger charge is -2.07. The first-order valence-electron chi connectivity index (χ1n) is 11.0. The maximum atomic E-state index is 11.4. The van der Waals surface area contributed by atoms with Crippen LogP contribution in [0.15, 0.2) is 12.2 Å². The van der Waals surface area contributed by atoms with E-state index in [2.05, 4.69) is 19.1 Å². The third kappa shape index (κ3) is 21.2. The standard InChI is InChI=1S/C23H44O2/c1-4-5-6-7-8-9-10-11-12-13-14-15-16-17-18-19-20-21-23(24)25-22(2)3/h11-12,22H,4-10,13-21H2,1-3H3/b12-11-. The summed E-state index contributed by atoms with van der Waals surface area (Å²) >= 11 is 0. The number of rotatable bonds is 18. The molecule has 2 heteroatoms. The Morgan fingerprint density at radius 1 is 0.720 bits per heavy atom. The maximum absolute atomic E-state index is 11.4. The maximum Gasteiger partial charge on any atom is 0.306 e. The predicted octanol–water partition coefficient (Wildman–Crippen LogP) is 7.76. The molecule has 0 radical (unpaired) electrons. The van der Waals surface area contributed by atoms with Gasteiger partial charge in [-0.1, -0.05) is 83.3 Å². The van der Waals surface area contributed by atoms with Gasteiger partial charge in [-0.3, -0.25) is 4.79 Å². The monoisotopic (exact) mass is 352 g/mol. The van der Waals surface area contributed by atoms with E-state index in [4.69, 9.17) is 4.74 Å². The van der Waals surface area contributed by atoms with Crippen LogP contribution < -0.4 is 0 Å². The predicted molar refractivity (Wildman–Crippen MR) is 110 cm³/mol. The summed E-state index contributed by atoms with van der Waals surface area (Å²) < 4.78 is 5.13. The first-order chi connectivity index (χ1) is 12.2. The van der Waals surface area contributed by atoms with E-state index >= 15 is 0 Å². The van der Waals surface area contributed by atoms with Gasteiger partial charge in [-0.15, -0.1) is 0 Å². The third-order valence-electron chi connectivity index (χ3n) is 4.51. The van der Waals surface area contributed by atoms with Crippen LogP contribution >= 0.6 is 0 Å². The molecular weight excluding hydrogens is 308 g/mol. The fourth-order valence-electron chi connectivity index (χ4n) is 3.02. The van der Waals surface area contributed by atoms with Gasteiger partial charge in [0.2, 0.25) is 0 Å². The topological polar surface area (TPSA) is 26.3 Å². The van der Waals surface area contributed by atoms with Gasteiger partial charge in [0, 0.05) is 6.42 Å². The van der Waals surface area contributed by atoms with Gasteiger partial charge < -0.3 is 4.74 Å². The highest BCUT2D eigenvalue weighted by atomic mass is 16.5. The number of carbonyl (C=O) groups is 1. The van der Waals surface area contributed by atoms with Crippen LogP contribution in [0.5, 0.6) is 0 Å². The molecule has 0 aromatic heterocycles. The second-order valence-electron chi connectivity index (χ2n) is 7.58. The van der Waals surface area contributed by atoms with Crippen molar-refractivity contribution in [2.75, 3.05) is 0 Å². The van der Waals surface area contributed by atoms with Gasteiger partial charge >= 0.3 is 5.97 Å². The molecule has 0 aromatic carbocycles. The van der Waals surface area contributed by atoms with Crippen molar-refractivity contribution < 1.29 is 9.53 Å². The summed E-state index contributed by atoms with van der Waals surface area (Å²) in [4.78, 5) is 11.4. The molecule has 0 unspecified atom stereocenters. The summed E-state index contributed by atoms with van der Waals surface area (Å²) in [6.45, 7) is 6.08. The second kappa shape index (κ2) is 19.5. The molecule has 25 heavy (non-hydrogen) atoms. The van der Waals surface area contributed by atoms with Gasteiger partial charge in [0.15, 0.2) is 0 Å². The molecule has 0 aliphatic carbocycles. The van der Waals surface area contributed by atoms with Crippen molar-refractivity contribution in [2.45, 2.75) is 130 Å². The third-order valence-corrected chi connectivity index (χ3v) is 4.51. The summed E-state index contributed by atoms with van der Waals surface area (Å²) in [5, 5.41) is 0. The first-order valence-corrected chi connectivity index (χ1v) is 11.0. The Morgan fingerprint density at radius 2 is 1.16 bits per heavy atom. The van der Waals surface area contributed by atoms with E-state index in [-0.39, 0.29) is 12.1 Å². The van der Waals surface area contributed by atoms with Gasteiger partial charge in [0.25, 0.3) is 0 Å². The Bertz CT molecular complexity index is 307. The largest absolute Gasteiger partial charge is 0.463 e. The Morgan fingerprint density at radius 3 is 1.64 bits per heavy atom. The molecule has 0 spiro atoms. The highest BCUT2D eigenvalue weighted by Crippen LogP contribution is 2.11. The molecule has 0 amide bonds. The molecule has 0 N–H and O–H groups in total. The molecule has 0 atom stereocenters. The van der Waals surface area contributed by atoms with Crippen molar-refractivity contribution in [1.82, 2.24) is 0 Å². The van der Waals surface area contributed by atoms with Crippen LogP contribution in [0, 0.1) is 0 Å². The second-order valence-corrected chi connectivity index (χ2v) is 7.58. The number of esters is 1. The lowest BCUT2D eigenvalue weighted by molar-refractivity contribution is -0.147. The first kappa shape index (κ1) is 24.2. The van der Waals surface area contributed by atoms with Crippen LogP contribution in [0.4, 0.5) is 0 Å². The average Bonchev–Trinajstić information content (AvgIpc) is 2.57. The summed E-state index contributed by atoms with van der Waals surface area (Å²) in [6, 6.07) is 0. The molecule has 2 nitrogen and oxygen atoms in total. The highest BCUT2D eigenvalue weighted by molar-refractivity contribution is 5.69. The Labute approximate surface area is 157 Å². The zero-order valence-corrected chi connectivity index (χ0v) is 17.4. The number of hydrogen-bond donors (Lipinski definition) is 0. The SMILES string of the molecule is CCCCCCCC/C=C\CCCCCCCCCC(=O)OC(C)C. The number of allylic oxidation sites excluding steroid dienone is 2. The Balaban J connectivity index is 3.16. The van der Waals surface area contributed by atoms with Gasteiger partial charge in [-0.2, -0.15) is 0 Å². The lowest BCUT2D eigenvalue weighted by atomic mass is 10.1. The minimum atomic E-state index is -0.0391. The molecule has 0 aromatic rings. The molecule has 0 saturated carbocycles. The van der Waals surface area contributed by atoms with E-state index in [1.54, 1.807) is 0 Å². The Hall–Kier alpha value is -0.790. The smallest absolute Gasteiger partial charge is 0.306 e. The van der Waals surface area contributed by atoms with Gasteiger partial charge in [-0.05, 0) is 46.0 Å². The molecule has 0 saturated heterocycles. The fourth-order valence-corrected chi connectivity index (χ4v) is 3.02. The van der Waals surface area contributed by atoms with Crippen LogP contribution in [-0.4, -0.2) is 12.1 Å². The Kier molecular flexibility index (Phi) is 18.9. The molecule has 0 heterocycles. The van der Waals surface area contributed by atoms with Crippen LogP contribution in [0.1, 0.15) is 124 Å². The molecule has 0 aliphatic rings. The highest BCUT2D eigenvalue weighted by Gasteiger charge is 2.04. The van der Waals surface area contributed by atoms with E-state index in [0.717, 1.165) is 12.8 Å². The molecule has 0 aliphatic heterocycles. The quantitative estimate of drug-likeness (QED) is 0.143. The summed E-state index contributed by atoms with van der Waals surface area (Å²) in [6.07, 6.45) is 24.9. The van der Waals surface area contributed by atoms with Crippen molar-refractivity contribution >= 4 is 5.97 Å². The summed E-state index contributed by atoms with van der Waals surface area (Å²) in [5.74, 6) is -0.0391. The number of ether oxygens (including phenoxy) is 1. The van der Waals surface area contributed by atoms with Crippen LogP contribution in [-0.2, 0) is 9.53 Å². The van der Waals surface area contributed by atoms with E-state index in [1.807, 2.05) is 13.8 Å². The van der Waals surface area contributed by atoms with Crippen molar-refractivity contribution in [3.63, 3.8) is 0 Å². The number of unbranched alkanes of at least 4 members (excludes halogenated alkanes) is 13. The van der Waals surface area contributed by atoms with Gasteiger partial charge in [-0.25, -0.2) is 0 Å². The summed E-state index contributed by atoms with van der Waals surface area (Å²) in [5.41, 5.74) is 0. The number of carbonyl (C=O) groups excluding carboxylic acids is 1. The zero-order chi connectivity index (χ0) is 18.6.